The lowest BCUT2D eigenvalue weighted by molar-refractivity contribution is -0.113. The molecule has 6 heteroatoms. The predicted octanol–water partition coefficient (Wildman–Crippen LogP) is 2.03. The molecule has 0 saturated carbocycles. The smallest absolute Gasteiger partial charge is 0.234 e. The highest BCUT2D eigenvalue weighted by atomic mass is 32.2. The van der Waals surface area contributed by atoms with Gasteiger partial charge in [-0.05, 0) is 12.1 Å². The van der Waals surface area contributed by atoms with E-state index >= 15 is 0 Å². The van der Waals surface area contributed by atoms with Crippen LogP contribution in [0, 0.1) is 17.1 Å². The Morgan fingerprint density at radius 2 is 2.41 bits per heavy atom. The molecule has 1 aromatic carbocycles. The van der Waals surface area contributed by atoms with Crippen LogP contribution in [-0.4, -0.2) is 24.5 Å². The highest BCUT2D eigenvalue weighted by Gasteiger charge is 2.06. The van der Waals surface area contributed by atoms with Crippen LogP contribution in [0.5, 0.6) is 5.75 Å². The Balaban J connectivity index is 2.54. The molecule has 0 saturated heterocycles. The van der Waals surface area contributed by atoms with Gasteiger partial charge in [0.25, 0.3) is 0 Å². The molecule has 0 aliphatic carbocycles. The van der Waals surface area contributed by atoms with Crippen molar-refractivity contribution in [1.29, 1.82) is 5.26 Å². The Bertz CT molecular complexity index is 446. The van der Waals surface area contributed by atoms with Crippen LogP contribution in [0.4, 0.5) is 10.1 Å². The maximum absolute atomic E-state index is 13.3. The molecule has 0 aliphatic heterocycles. The van der Waals surface area contributed by atoms with Gasteiger partial charge in [0.05, 0.1) is 24.7 Å². The third-order valence-corrected chi connectivity index (χ3v) is 2.63. The number of methoxy groups -OCH3 is 1. The summed E-state index contributed by atoms with van der Waals surface area (Å²) in [6.07, 6.45) is 0. The maximum atomic E-state index is 13.3. The SMILES string of the molecule is COc1ccc(NC(=O)CSCC#N)cc1F. The number of halogens is 1. The Morgan fingerprint density at radius 1 is 1.65 bits per heavy atom. The van der Waals surface area contributed by atoms with Crippen molar-refractivity contribution in [3.05, 3.63) is 24.0 Å². The number of amides is 1. The summed E-state index contributed by atoms with van der Waals surface area (Å²) in [4.78, 5) is 11.4. The van der Waals surface area contributed by atoms with Crippen LogP contribution in [0.25, 0.3) is 0 Å². The molecule has 1 N–H and O–H groups in total. The van der Waals surface area contributed by atoms with Crippen molar-refractivity contribution in [2.75, 3.05) is 23.9 Å². The van der Waals surface area contributed by atoms with E-state index in [9.17, 15) is 9.18 Å². The molecule has 4 nitrogen and oxygen atoms in total. The number of anilines is 1. The second-order valence-electron chi connectivity index (χ2n) is 3.05. The minimum absolute atomic E-state index is 0.127. The number of benzene rings is 1. The van der Waals surface area contributed by atoms with Gasteiger partial charge in [0.1, 0.15) is 0 Å². The van der Waals surface area contributed by atoms with Crippen molar-refractivity contribution in [1.82, 2.24) is 0 Å². The zero-order valence-corrected chi connectivity index (χ0v) is 10.0. The van der Waals surface area contributed by atoms with Crippen LogP contribution in [-0.2, 0) is 4.79 Å². The van der Waals surface area contributed by atoms with Gasteiger partial charge in [-0.15, -0.1) is 11.8 Å². The van der Waals surface area contributed by atoms with E-state index in [-0.39, 0.29) is 23.2 Å². The number of carbonyl (C=O) groups excluding carboxylic acids is 1. The third-order valence-electron chi connectivity index (χ3n) is 1.84. The van der Waals surface area contributed by atoms with Crippen molar-refractivity contribution < 1.29 is 13.9 Å². The van der Waals surface area contributed by atoms with Crippen molar-refractivity contribution in [3.8, 4) is 11.8 Å². The standard InChI is InChI=1S/C11H11FN2O2S/c1-16-10-3-2-8(6-9(10)12)14-11(15)7-17-5-4-13/h2-3,6H,5,7H2,1H3,(H,14,15). The van der Waals surface area contributed by atoms with Gasteiger partial charge < -0.3 is 10.1 Å². The fraction of sp³-hybridized carbons (Fsp3) is 0.273. The number of nitriles is 1. The Hall–Kier alpha value is -1.74. The Morgan fingerprint density at radius 3 is 3.00 bits per heavy atom. The van der Waals surface area contributed by atoms with E-state index in [0.717, 1.165) is 0 Å². The summed E-state index contributed by atoms with van der Waals surface area (Å²) in [5, 5.41) is 10.8. The molecule has 1 rings (SSSR count). The fourth-order valence-corrected chi connectivity index (χ4v) is 1.58. The van der Waals surface area contributed by atoms with E-state index in [0.29, 0.717) is 5.69 Å². The average molecular weight is 254 g/mol. The van der Waals surface area contributed by atoms with Crippen LogP contribution in [0.2, 0.25) is 0 Å². The van der Waals surface area contributed by atoms with Crippen molar-refractivity contribution in [2.45, 2.75) is 0 Å². The summed E-state index contributed by atoms with van der Waals surface area (Å²) in [6.45, 7) is 0. The van der Waals surface area contributed by atoms with Gasteiger partial charge in [-0.2, -0.15) is 5.26 Å². The van der Waals surface area contributed by atoms with Gasteiger partial charge in [-0.25, -0.2) is 4.39 Å². The van der Waals surface area contributed by atoms with E-state index in [1.165, 1.54) is 31.0 Å². The van der Waals surface area contributed by atoms with Crippen LogP contribution in [0.3, 0.4) is 0 Å². The van der Waals surface area contributed by atoms with E-state index in [2.05, 4.69) is 5.32 Å². The Kier molecular flexibility index (Phi) is 5.30. The molecule has 0 atom stereocenters. The fourth-order valence-electron chi connectivity index (χ4n) is 1.13. The topological polar surface area (TPSA) is 62.1 Å². The lowest BCUT2D eigenvalue weighted by Gasteiger charge is -2.06. The van der Waals surface area contributed by atoms with Crippen LogP contribution in [0.15, 0.2) is 18.2 Å². The first-order valence-electron chi connectivity index (χ1n) is 4.75. The number of thioether (sulfide) groups is 1. The average Bonchev–Trinajstić information content (AvgIpc) is 2.29. The van der Waals surface area contributed by atoms with Gasteiger partial charge in [-0.1, -0.05) is 0 Å². The molecular weight excluding hydrogens is 243 g/mol. The van der Waals surface area contributed by atoms with Crippen LogP contribution < -0.4 is 10.1 Å². The number of ether oxygens (including phenoxy) is 1. The van der Waals surface area contributed by atoms with Crippen molar-refractivity contribution in [3.63, 3.8) is 0 Å². The van der Waals surface area contributed by atoms with Gasteiger partial charge in [0.2, 0.25) is 5.91 Å². The molecule has 0 spiro atoms. The Labute approximate surface area is 103 Å². The molecule has 1 aromatic rings. The first-order chi connectivity index (χ1) is 8.17. The van der Waals surface area contributed by atoms with E-state index < -0.39 is 5.82 Å². The molecular formula is C11H11FN2O2S. The number of nitrogens with one attached hydrogen (secondary N) is 1. The molecule has 0 aliphatic rings. The van der Waals surface area contributed by atoms with E-state index in [4.69, 9.17) is 10.00 Å². The molecule has 0 aromatic heterocycles. The van der Waals surface area contributed by atoms with Crippen LogP contribution in [0.1, 0.15) is 0 Å². The zero-order chi connectivity index (χ0) is 12.7. The first-order valence-corrected chi connectivity index (χ1v) is 5.91. The summed E-state index contributed by atoms with van der Waals surface area (Å²) >= 11 is 1.20. The van der Waals surface area contributed by atoms with Gasteiger partial charge in [0, 0.05) is 11.8 Å². The van der Waals surface area contributed by atoms with E-state index in [1.807, 2.05) is 6.07 Å². The zero-order valence-electron chi connectivity index (χ0n) is 9.20. The maximum Gasteiger partial charge on any atom is 0.234 e. The van der Waals surface area contributed by atoms with Gasteiger partial charge in [-0.3, -0.25) is 4.79 Å². The number of hydrogen-bond donors (Lipinski definition) is 1. The minimum atomic E-state index is -0.532. The number of hydrogen-bond acceptors (Lipinski definition) is 4. The molecule has 0 bridgehead atoms. The largest absolute Gasteiger partial charge is 0.494 e. The van der Waals surface area contributed by atoms with Gasteiger partial charge >= 0.3 is 0 Å². The molecule has 1 amide bonds. The second-order valence-corrected chi connectivity index (χ2v) is 4.03. The highest BCUT2D eigenvalue weighted by molar-refractivity contribution is 8.00. The molecule has 17 heavy (non-hydrogen) atoms. The first kappa shape index (κ1) is 13.3. The van der Waals surface area contributed by atoms with Gasteiger partial charge in [0.15, 0.2) is 11.6 Å². The number of carbonyl (C=O) groups is 1. The second kappa shape index (κ2) is 6.76. The molecule has 0 unspecified atom stereocenters. The minimum Gasteiger partial charge on any atom is -0.494 e. The summed E-state index contributed by atoms with van der Waals surface area (Å²) in [5.41, 5.74) is 0.367. The summed E-state index contributed by atoms with van der Waals surface area (Å²) in [6, 6.07) is 6.09. The molecule has 0 radical (unpaired) electrons. The molecule has 90 valence electrons. The van der Waals surface area contributed by atoms with Crippen LogP contribution >= 0.6 is 11.8 Å². The van der Waals surface area contributed by atoms with Crippen molar-refractivity contribution in [2.24, 2.45) is 0 Å². The quantitative estimate of drug-likeness (QED) is 0.817. The normalized spacial score (nSPS) is 9.47. The number of rotatable bonds is 5. The monoisotopic (exact) mass is 254 g/mol. The van der Waals surface area contributed by atoms with Crippen molar-refractivity contribution >= 4 is 23.4 Å². The summed E-state index contributed by atoms with van der Waals surface area (Å²) < 4.78 is 18.0. The lowest BCUT2D eigenvalue weighted by Crippen LogP contribution is -2.14. The summed E-state index contributed by atoms with van der Waals surface area (Å²) in [7, 11) is 1.37. The lowest BCUT2D eigenvalue weighted by atomic mass is 10.3. The molecule has 0 fully saturated rings. The number of nitrogens with zero attached hydrogens (tertiary/aromatic N) is 1. The summed E-state index contributed by atoms with van der Waals surface area (Å²) in [5.74, 6) is -0.252. The molecule has 0 heterocycles. The highest BCUT2D eigenvalue weighted by Crippen LogP contribution is 2.20. The van der Waals surface area contributed by atoms with E-state index in [1.54, 1.807) is 6.07 Å². The predicted molar refractivity (Wildman–Crippen MR) is 64.5 cm³/mol. The third kappa shape index (κ3) is 4.33.